The fraction of sp³-hybridized carbons (Fsp3) is 0.378. The highest BCUT2D eigenvalue weighted by atomic mass is 16.6. The molecule has 13 heteroatoms. The van der Waals surface area contributed by atoms with E-state index in [0.717, 1.165) is 51.4 Å². The van der Waals surface area contributed by atoms with Crippen LogP contribution in [-0.2, 0) is 23.8 Å². The van der Waals surface area contributed by atoms with Crippen molar-refractivity contribution in [1.82, 2.24) is 0 Å². The quantitative estimate of drug-likeness (QED) is 0.0248. The van der Waals surface area contributed by atoms with E-state index in [9.17, 15) is 24.0 Å². The summed E-state index contributed by atoms with van der Waals surface area (Å²) in [6.07, 6.45) is 7.14. The van der Waals surface area contributed by atoms with Crippen molar-refractivity contribution in [2.24, 2.45) is 0 Å². The molecule has 13 nitrogen and oxygen atoms in total. The van der Waals surface area contributed by atoms with E-state index >= 15 is 0 Å². The maximum Gasteiger partial charge on any atom is 0.343 e. The van der Waals surface area contributed by atoms with Crippen LogP contribution in [0.3, 0.4) is 0 Å². The number of esters is 5. The molecule has 0 unspecified atom stereocenters. The zero-order chi connectivity index (χ0) is 42.1. The second kappa shape index (κ2) is 25.7. The van der Waals surface area contributed by atoms with Crippen LogP contribution < -0.4 is 18.9 Å². The third-order valence-corrected chi connectivity index (χ3v) is 8.21. The van der Waals surface area contributed by atoms with Gasteiger partial charge in [-0.05, 0) is 138 Å². The molecule has 0 amide bonds. The van der Waals surface area contributed by atoms with Crippen LogP contribution >= 0.6 is 0 Å². The molecule has 0 spiro atoms. The molecule has 0 heterocycles. The van der Waals surface area contributed by atoms with Gasteiger partial charge in [-0.25, -0.2) is 24.0 Å². The van der Waals surface area contributed by atoms with Gasteiger partial charge in [0.15, 0.2) is 0 Å². The van der Waals surface area contributed by atoms with Gasteiger partial charge in [0, 0.05) is 17.6 Å². The Hall–Kier alpha value is -6.42. The molecule has 0 fully saturated rings. The lowest BCUT2D eigenvalue weighted by molar-refractivity contribution is -0.139. The molecule has 0 saturated heterocycles. The smallest absolute Gasteiger partial charge is 0.343 e. The maximum atomic E-state index is 13.1. The Kier molecular flexibility index (Phi) is 20.4. The van der Waals surface area contributed by atoms with Gasteiger partial charge in [-0.2, -0.15) is 5.26 Å². The standard InChI is InChI=1S/C45H51NO12/c1-32(2)41(47)54-28-12-7-5-10-26-52-36-19-15-34(16-20-36)43(49)57-38-23-24-40(39(31-38)45(51)56-30-14-9-25-46)58-44(50)35-17-21-37(22-18-35)53-27-11-6-8-13-29-55-42(48)33(3)4/h15-24,31H,1,3,5-14,26-30H2,2,4H3. The average molecular weight is 798 g/mol. The van der Waals surface area contributed by atoms with Crippen LogP contribution in [0.2, 0.25) is 0 Å². The number of hydrogen-bond acceptors (Lipinski definition) is 13. The molecule has 0 aliphatic rings. The molecule has 0 saturated carbocycles. The fourth-order valence-electron chi connectivity index (χ4n) is 4.99. The number of carbonyl (C=O) groups is 5. The predicted octanol–water partition coefficient (Wildman–Crippen LogP) is 8.70. The van der Waals surface area contributed by atoms with Crippen molar-refractivity contribution in [2.75, 3.05) is 33.0 Å². The maximum absolute atomic E-state index is 13.1. The summed E-state index contributed by atoms with van der Waals surface area (Å²) in [5, 5.41) is 8.83. The first-order chi connectivity index (χ1) is 28.0. The van der Waals surface area contributed by atoms with Gasteiger partial charge in [0.1, 0.15) is 28.6 Å². The lowest BCUT2D eigenvalue weighted by Crippen LogP contribution is -2.14. The van der Waals surface area contributed by atoms with Gasteiger partial charge in [0.2, 0.25) is 0 Å². The molecule has 0 aromatic heterocycles. The molecule has 0 atom stereocenters. The largest absolute Gasteiger partial charge is 0.494 e. The molecule has 58 heavy (non-hydrogen) atoms. The SMILES string of the molecule is C=C(C)C(=O)OCCCCCCOc1ccc(C(=O)Oc2ccc(OC(=O)c3ccc(OCCCCCCOC(=O)C(=C)C)cc3)c(C(=O)OCCCC#N)c2)cc1. The zero-order valence-electron chi connectivity index (χ0n) is 33.2. The number of carbonyl (C=O) groups excluding carboxylic acids is 5. The molecule has 3 rings (SSSR count). The Labute approximate surface area is 339 Å². The van der Waals surface area contributed by atoms with E-state index in [1.807, 2.05) is 6.07 Å². The summed E-state index contributed by atoms with van der Waals surface area (Å²) in [5.74, 6) is -2.01. The van der Waals surface area contributed by atoms with Crippen LogP contribution in [0.25, 0.3) is 0 Å². The highest BCUT2D eigenvalue weighted by Gasteiger charge is 2.21. The molecular formula is C45H51NO12. The first-order valence-corrected chi connectivity index (χ1v) is 19.2. The first-order valence-electron chi connectivity index (χ1n) is 19.2. The molecule has 0 aliphatic carbocycles. The minimum Gasteiger partial charge on any atom is -0.494 e. The van der Waals surface area contributed by atoms with Crippen LogP contribution in [0.4, 0.5) is 0 Å². The average Bonchev–Trinajstić information content (AvgIpc) is 3.21. The Morgan fingerprint density at radius 3 is 1.41 bits per heavy atom. The fourth-order valence-corrected chi connectivity index (χ4v) is 4.99. The second-order valence-electron chi connectivity index (χ2n) is 13.2. The number of ether oxygens (including phenoxy) is 7. The molecule has 0 aliphatic heterocycles. The summed E-state index contributed by atoms with van der Waals surface area (Å²) >= 11 is 0. The molecule has 308 valence electrons. The van der Waals surface area contributed by atoms with Gasteiger partial charge >= 0.3 is 29.8 Å². The van der Waals surface area contributed by atoms with Crippen LogP contribution in [0, 0.1) is 11.3 Å². The Morgan fingerprint density at radius 1 is 0.517 bits per heavy atom. The summed E-state index contributed by atoms with van der Waals surface area (Å²) < 4.78 is 38.2. The van der Waals surface area contributed by atoms with Crippen LogP contribution in [0.1, 0.15) is 109 Å². The summed E-state index contributed by atoms with van der Waals surface area (Å²) in [4.78, 5) is 62.1. The molecule has 3 aromatic carbocycles. The topological polar surface area (TPSA) is 174 Å². The van der Waals surface area contributed by atoms with Gasteiger partial charge in [-0.3, -0.25) is 0 Å². The molecule has 3 aromatic rings. The Balaban J connectivity index is 1.52. The summed E-state index contributed by atoms with van der Waals surface area (Å²) in [5.41, 5.74) is 1.04. The van der Waals surface area contributed by atoms with Crippen molar-refractivity contribution in [3.05, 3.63) is 108 Å². The number of unbranched alkanes of at least 4 members (excludes halogenated alkanes) is 7. The van der Waals surface area contributed by atoms with Gasteiger partial charge in [0.25, 0.3) is 0 Å². The third kappa shape index (κ3) is 17.2. The number of rotatable bonds is 26. The van der Waals surface area contributed by atoms with Crippen molar-refractivity contribution in [1.29, 1.82) is 5.26 Å². The lowest BCUT2D eigenvalue weighted by atomic mass is 10.1. The monoisotopic (exact) mass is 797 g/mol. The number of nitrogens with zero attached hydrogens (tertiary/aromatic N) is 1. The molecule has 0 bridgehead atoms. The number of hydrogen-bond donors (Lipinski definition) is 0. The summed E-state index contributed by atoms with van der Waals surface area (Å²) in [6, 6.07) is 18.7. The van der Waals surface area contributed by atoms with Crippen molar-refractivity contribution >= 4 is 29.8 Å². The normalized spacial score (nSPS) is 10.4. The van der Waals surface area contributed by atoms with E-state index in [4.69, 9.17) is 38.4 Å². The zero-order valence-corrected chi connectivity index (χ0v) is 33.2. The minimum atomic E-state index is -0.831. The Morgan fingerprint density at radius 2 is 0.948 bits per heavy atom. The van der Waals surface area contributed by atoms with E-state index in [2.05, 4.69) is 13.2 Å². The molecular weight excluding hydrogens is 746 g/mol. The third-order valence-electron chi connectivity index (χ3n) is 8.21. The van der Waals surface area contributed by atoms with E-state index < -0.39 is 17.9 Å². The van der Waals surface area contributed by atoms with Crippen molar-refractivity contribution in [2.45, 2.75) is 78.1 Å². The van der Waals surface area contributed by atoms with Gasteiger partial charge in [-0.1, -0.05) is 13.2 Å². The summed E-state index contributed by atoms with van der Waals surface area (Å²) in [6.45, 7) is 11.9. The highest BCUT2D eigenvalue weighted by molar-refractivity contribution is 5.97. The van der Waals surface area contributed by atoms with E-state index in [-0.39, 0.29) is 53.2 Å². The van der Waals surface area contributed by atoms with E-state index in [0.29, 0.717) is 55.5 Å². The van der Waals surface area contributed by atoms with Crippen LogP contribution in [0.5, 0.6) is 23.0 Å². The van der Waals surface area contributed by atoms with Gasteiger partial charge in [-0.15, -0.1) is 0 Å². The van der Waals surface area contributed by atoms with Gasteiger partial charge in [0.05, 0.1) is 50.2 Å². The second-order valence-corrected chi connectivity index (χ2v) is 13.2. The predicted molar refractivity (Wildman–Crippen MR) is 214 cm³/mol. The van der Waals surface area contributed by atoms with E-state index in [1.54, 1.807) is 50.2 Å². The van der Waals surface area contributed by atoms with Crippen LogP contribution in [0.15, 0.2) is 91.0 Å². The van der Waals surface area contributed by atoms with E-state index in [1.165, 1.54) is 30.3 Å². The van der Waals surface area contributed by atoms with Crippen molar-refractivity contribution in [3.8, 4) is 29.1 Å². The van der Waals surface area contributed by atoms with Gasteiger partial charge < -0.3 is 33.2 Å². The summed E-state index contributed by atoms with van der Waals surface area (Å²) in [7, 11) is 0. The Bertz CT molecular complexity index is 1890. The highest BCUT2D eigenvalue weighted by Crippen LogP contribution is 2.28. The van der Waals surface area contributed by atoms with Crippen molar-refractivity contribution < 1.29 is 57.1 Å². The molecule has 0 N–H and O–H groups in total. The lowest BCUT2D eigenvalue weighted by Gasteiger charge is -2.13. The van der Waals surface area contributed by atoms with Crippen LogP contribution in [-0.4, -0.2) is 62.9 Å². The minimum absolute atomic E-state index is 0.0104. The number of benzene rings is 3. The van der Waals surface area contributed by atoms with Crippen molar-refractivity contribution in [3.63, 3.8) is 0 Å². The first kappa shape index (κ1) is 46.0. The molecule has 0 radical (unpaired) electrons. The number of nitriles is 1.